The normalized spacial score (nSPS) is 14.5. The van der Waals surface area contributed by atoms with Gasteiger partial charge in [0.1, 0.15) is 9.88 Å². The molecule has 1 aromatic carbocycles. The van der Waals surface area contributed by atoms with Gasteiger partial charge >= 0.3 is 0 Å². The van der Waals surface area contributed by atoms with Crippen LogP contribution in [-0.2, 0) is 11.3 Å². The molecule has 0 saturated carbocycles. The molecule has 1 aliphatic rings. The van der Waals surface area contributed by atoms with E-state index in [2.05, 4.69) is 9.88 Å². The maximum Gasteiger partial charge on any atom is 0.265 e. The Bertz CT molecular complexity index is 891. The van der Waals surface area contributed by atoms with Crippen LogP contribution in [0.5, 0.6) is 11.5 Å². The number of carbonyl (C=O) groups excluding carboxylic acids is 2. The lowest BCUT2D eigenvalue weighted by atomic mass is 10.3. The van der Waals surface area contributed by atoms with E-state index >= 15 is 0 Å². The number of benzene rings is 1. The van der Waals surface area contributed by atoms with E-state index in [0.717, 1.165) is 23.8 Å². The number of carbonyl (C=O) groups is 2. The van der Waals surface area contributed by atoms with Crippen LogP contribution in [0.2, 0.25) is 0 Å². The summed E-state index contributed by atoms with van der Waals surface area (Å²) >= 11 is 1.45. The lowest BCUT2D eigenvalue weighted by Crippen LogP contribution is -2.49. The number of thiazole rings is 1. The number of amides is 2. The quantitative estimate of drug-likeness (QED) is 0.665. The molecule has 0 N–H and O–H groups in total. The Labute approximate surface area is 181 Å². The van der Waals surface area contributed by atoms with Crippen LogP contribution in [0.4, 0.5) is 0 Å². The van der Waals surface area contributed by atoms with Crippen LogP contribution >= 0.6 is 11.3 Å². The summed E-state index contributed by atoms with van der Waals surface area (Å²) in [6.07, 6.45) is 0. The topological polar surface area (TPSA) is 75.2 Å². The van der Waals surface area contributed by atoms with E-state index in [-0.39, 0.29) is 18.4 Å². The summed E-state index contributed by atoms with van der Waals surface area (Å²) in [5.74, 6) is 1.13. The van der Waals surface area contributed by atoms with E-state index in [0.29, 0.717) is 36.0 Å². The summed E-state index contributed by atoms with van der Waals surface area (Å²) in [7, 11) is 5.07. The van der Waals surface area contributed by atoms with E-state index in [1.54, 1.807) is 38.2 Å². The summed E-state index contributed by atoms with van der Waals surface area (Å²) in [5.41, 5.74) is 0.774. The van der Waals surface area contributed by atoms with Gasteiger partial charge in [-0.25, -0.2) is 4.98 Å². The molecule has 9 heteroatoms. The molecule has 2 aromatic rings. The largest absolute Gasteiger partial charge is 0.493 e. The van der Waals surface area contributed by atoms with Crippen molar-refractivity contribution in [2.45, 2.75) is 13.5 Å². The second-order valence-electron chi connectivity index (χ2n) is 7.32. The molecular formula is C21H28N4O4S. The Kier molecular flexibility index (Phi) is 7.28. The van der Waals surface area contributed by atoms with E-state index < -0.39 is 0 Å². The number of hydrogen-bond donors (Lipinski definition) is 0. The predicted molar refractivity (Wildman–Crippen MR) is 115 cm³/mol. The van der Waals surface area contributed by atoms with Crippen molar-refractivity contribution in [2.24, 2.45) is 0 Å². The summed E-state index contributed by atoms with van der Waals surface area (Å²) in [4.78, 5) is 35.6. The minimum absolute atomic E-state index is 0.0118. The standard InChI is InChI=1S/C21H28N4O4S/c1-15-20(21(27)23(2)3)30-18(22-15)13-24-9-11-25(12-10-24)19(26)14-29-17-8-6-5-7-16(17)28-4/h5-8H,9-14H2,1-4H3. The number of aryl methyl sites for hydroxylation is 1. The molecule has 1 fully saturated rings. The third kappa shape index (κ3) is 5.28. The number of rotatable bonds is 7. The highest BCUT2D eigenvalue weighted by atomic mass is 32.1. The number of aromatic nitrogens is 1. The van der Waals surface area contributed by atoms with E-state index in [9.17, 15) is 9.59 Å². The average Bonchev–Trinajstić information content (AvgIpc) is 3.11. The van der Waals surface area contributed by atoms with Gasteiger partial charge in [0, 0.05) is 40.3 Å². The van der Waals surface area contributed by atoms with Gasteiger partial charge in [-0.3, -0.25) is 14.5 Å². The van der Waals surface area contributed by atoms with Gasteiger partial charge in [0.2, 0.25) is 0 Å². The zero-order valence-corrected chi connectivity index (χ0v) is 18.7. The van der Waals surface area contributed by atoms with Crippen molar-refractivity contribution in [3.8, 4) is 11.5 Å². The highest BCUT2D eigenvalue weighted by Gasteiger charge is 2.24. The first-order chi connectivity index (χ1) is 14.4. The third-order valence-electron chi connectivity index (χ3n) is 4.95. The minimum atomic E-state index is -0.0375. The Balaban J connectivity index is 1.48. The summed E-state index contributed by atoms with van der Waals surface area (Å²) in [6, 6.07) is 7.29. The molecule has 8 nitrogen and oxygen atoms in total. The lowest BCUT2D eigenvalue weighted by molar-refractivity contribution is -0.135. The molecule has 2 heterocycles. The van der Waals surface area contributed by atoms with E-state index in [1.165, 1.54) is 11.3 Å². The van der Waals surface area contributed by atoms with Gasteiger partial charge in [-0.15, -0.1) is 11.3 Å². The van der Waals surface area contributed by atoms with Crippen molar-refractivity contribution < 1.29 is 19.1 Å². The molecule has 1 saturated heterocycles. The van der Waals surface area contributed by atoms with E-state index in [4.69, 9.17) is 9.47 Å². The Morgan fingerprint density at radius 2 is 1.80 bits per heavy atom. The fourth-order valence-corrected chi connectivity index (χ4v) is 4.37. The van der Waals surface area contributed by atoms with Crippen molar-refractivity contribution >= 4 is 23.2 Å². The van der Waals surface area contributed by atoms with Gasteiger partial charge in [0.05, 0.1) is 19.3 Å². The van der Waals surface area contributed by atoms with Crippen LogP contribution in [0.15, 0.2) is 24.3 Å². The molecule has 0 unspecified atom stereocenters. The fourth-order valence-electron chi connectivity index (χ4n) is 3.24. The molecule has 1 aliphatic heterocycles. The first-order valence-corrected chi connectivity index (χ1v) is 10.6. The van der Waals surface area contributed by atoms with Crippen molar-refractivity contribution in [2.75, 3.05) is 54.0 Å². The molecule has 162 valence electrons. The van der Waals surface area contributed by atoms with E-state index in [1.807, 2.05) is 24.0 Å². The Hall–Kier alpha value is -2.65. The summed E-state index contributed by atoms with van der Waals surface area (Å²) in [5, 5.41) is 0.928. The summed E-state index contributed by atoms with van der Waals surface area (Å²) < 4.78 is 10.9. The molecule has 3 rings (SSSR count). The zero-order valence-electron chi connectivity index (χ0n) is 17.9. The highest BCUT2D eigenvalue weighted by molar-refractivity contribution is 7.13. The second-order valence-corrected chi connectivity index (χ2v) is 8.40. The van der Waals surface area contributed by atoms with Crippen molar-refractivity contribution in [3.05, 3.63) is 39.8 Å². The van der Waals surface area contributed by atoms with Crippen LogP contribution in [-0.4, -0.2) is 85.5 Å². The SMILES string of the molecule is COc1ccccc1OCC(=O)N1CCN(Cc2nc(C)c(C(=O)N(C)C)s2)CC1. The fraction of sp³-hybridized carbons (Fsp3) is 0.476. The van der Waals surface area contributed by atoms with Crippen LogP contribution in [0.1, 0.15) is 20.4 Å². The van der Waals surface area contributed by atoms with Gasteiger partial charge in [-0.05, 0) is 19.1 Å². The Morgan fingerprint density at radius 1 is 1.13 bits per heavy atom. The van der Waals surface area contributed by atoms with Crippen LogP contribution < -0.4 is 9.47 Å². The number of para-hydroxylation sites is 2. The second kappa shape index (κ2) is 9.90. The maximum absolute atomic E-state index is 12.5. The molecule has 0 atom stereocenters. The molecule has 0 aliphatic carbocycles. The number of methoxy groups -OCH3 is 1. The first kappa shape index (κ1) is 22.0. The van der Waals surface area contributed by atoms with Crippen LogP contribution in [0, 0.1) is 6.92 Å². The molecule has 0 spiro atoms. The highest BCUT2D eigenvalue weighted by Crippen LogP contribution is 2.26. The number of ether oxygens (including phenoxy) is 2. The molecule has 1 aromatic heterocycles. The lowest BCUT2D eigenvalue weighted by Gasteiger charge is -2.34. The van der Waals surface area contributed by atoms with Gasteiger partial charge in [-0.1, -0.05) is 12.1 Å². The maximum atomic E-state index is 12.5. The van der Waals surface area contributed by atoms with Gasteiger partial charge < -0.3 is 19.3 Å². The average molecular weight is 433 g/mol. The smallest absolute Gasteiger partial charge is 0.265 e. The van der Waals surface area contributed by atoms with Gasteiger partial charge in [-0.2, -0.15) is 0 Å². The number of hydrogen-bond acceptors (Lipinski definition) is 7. The van der Waals surface area contributed by atoms with Crippen molar-refractivity contribution in [1.82, 2.24) is 19.7 Å². The van der Waals surface area contributed by atoms with Gasteiger partial charge in [0.25, 0.3) is 11.8 Å². The molecular weight excluding hydrogens is 404 g/mol. The monoisotopic (exact) mass is 432 g/mol. The first-order valence-electron chi connectivity index (χ1n) is 9.83. The third-order valence-corrected chi connectivity index (χ3v) is 6.08. The molecule has 0 bridgehead atoms. The summed E-state index contributed by atoms with van der Waals surface area (Å²) in [6.45, 7) is 5.35. The van der Waals surface area contributed by atoms with Crippen LogP contribution in [0.25, 0.3) is 0 Å². The number of nitrogens with zero attached hydrogens (tertiary/aromatic N) is 4. The van der Waals surface area contributed by atoms with Crippen molar-refractivity contribution in [3.63, 3.8) is 0 Å². The van der Waals surface area contributed by atoms with Crippen molar-refractivity contribution in [1.29, 1.82) is 0 Å². The molecule has 2 amide bonds. The van der Waals surface area contributed by atoms with Gasteiger partial charge in [0.15, 0.2) is 18.1 Å². The Morgan fingerprint density at radius 3 is 2.43 bits per heavy atom. The minimum Gasteiger partial charge on any atom is -0.493 e. The zero-order chi connectivity index (χ0) is 21.7. The number of piperazine rings is 1. The van der Waals surface area contributed by atoms with Crippen LogP contribution in [0.3, 0.4) is 0 Å². The predicted octanol–water partition coefficient (Wildman–Crippen LogP) is 1.89. The molecule has 30 heavy (non-hydrogen) atoms. The molecule has 0 radical (unpaired) electrons.